The number of hydrogen-bond acceptors (Lipinski definition) is 10. The van der Waals surface area contributed by atoms with Gasteiger partial charge in [-0.1, -0.05) is 232 Å². The number of unbranched alkanes of at least 4 members (excludes halogenated alkanes) is 33. The highest BCUT2D eigenvalue weighted by Gasteiger charge is 2.44. The molecule has 2 amide bonds. The zero-order valence-electron chi connectivity index (χ0n) is 41.9. The van der Waals surface area contributed by atoms with Gasteiger partial charge in [0.15, 0.2) is 6.29 Å². The summed E-state index contributed by atoms with van der Waals surface area (Å²) in [4.78, 5) is 26.4. The van der Waals surface area contributed by atoms with Crippen molar-refractivity contribution in [2.24, 2.45) is 0 Å². The van der Waals surface area contributed by atoms with Gasteiger partial charge < -0.3 is 50.7 Å². The van der Waals surface area contributed by atoms with E-state index in [2.05, 4.69) is 24.5 Å². The fraction of sp³-hybridized carbons (Fsp3) is 0.962. The lowest BCUT2D eigenvalue weighted by Gasteiger charge is -2.39. The first kappa shape index (κ1) is 61.6. The predicted octanol–water partition coefficient (Wildman–Crippen LogP) is 9.99. The molecule has 0 radical (unpaired) electrons. The van der Waals surface area contributed by atoms with E-state index in [1.165, 1.54) is 173 Å². The average molecular weight is 929 g/mol. The molecule has 1 heterocycles. The van der Waals surface area contributed by atoms with Gasteiger partial charge in [0.2, 0.25) is 11.8 Å². The van der Waals surface area contributed by atoms with Crippen LogP contribution in [0.4, 0.5) is 0 Å². The Labute approximate surface area is 397 Å². The molecule has 1 saturated heterocycles. The maximum absolute atomic E-state index is 13.4. The van der Waals surface area contributed by atoms with Crippen molar-refractivity contribution in [2.75, 3.05) is 19.8 Å². The zero-order chi connectivity index (χ0) is 47.6. The summed E-state index contributed by atoms with van der Waals surface area (Å²) in [6.07, 6.45) is 35.3. The van der Waals surface area contributed by atoms with Crippen molar-refractivity contribution in [3.05, 3.63) is 0 Å². The van der Waals surface area contributed by atoms with Gasteiger partial charge in [-0.05, 0) is 19.3 Å². The standard InChI is InChI=1S/C53H104N2O10/c1-3-5-7-9-11-13-15-17-18-19-20-21-22-23-24-25-26-27-29-31-33-35-37-40-46(58)55-47(48(59)44(57)39-36-34-32-30-28-16-14-12-10-8-6-4-2)52(63)54-41-38-42-64-53-51(62)50(61)49(60)45(43-56)65-53/h44-45,47-51,53,56-57,59-62H,3-43H2,1-2H3,(H,54,63)(H,55,58)/t44-,45-,47-,48-,49+,50+,51-,53+/m1/s1. The molecule has 0 aliphatic carbocycles. The topological polar surface area (TPSA) is 198 Å². The monoisotopic (exact) mass is 929 g/mol. The number of nitrogens with one attached hydrogen (secondary N) is 2. The van der Waals surface area contributed by atoms with Gasteiger partial charge >= 0.3 is 0 Å². The van der Waals surface area contributed by atoms with Crippen LogP contribution < -0.4 is 10.6 Å². The van der Waals surface area contributed by atoms with Crippen molar-refractivity contribution in [3.63, 3.8) is 0 Å². The quantitative estimate of drug-likeness (QED) is 0.0272. The molecule has 8 N–H and O–H groups in total. The fourth-order valence-electron chi connectivity index (χ4n) is 9.01. The van der Waals surface area contributed by atoms with E-state index in [1.807, 2.05) is 0 Å². The van der Waals surface area contributed by atoms with E-state index < -0.39 is 61.5 Å². The van der Waals surface area contributed by atoms with E-state index in [0.29, 0.717) is 19.3 Å². The van der Waals surface area contributed by atoms with Crippen molar-refractivity contribution in [2.45, 2.75) is 307 Å². The molecule has 65 heavy (non-hydrogen) atoms. The van der Waals surface area contributed by atoms with Crippen LogP contribution in [0.5, 0.6) is 0 Å². The van der Waals surface area contributed by atoms with Crippen LogP contribution in [0.25, 0.3) is 0 Å². The predicted molar refractivity (Wildman–Crippen MR) is 263 cm³/mol. The molecule has 1 aliphatic rings. The lowest BCUT2D eigenvalue weighted by Crippen LogP contribution is -2.59. The molecule has 1 rings (SSSR count). The summed E-state index contributed by atoms with van der Waals surface area (Å²) < 4.78 is 10.9. The second kappa shape index (κ2) is 43.9. The van der Waals surface area contributed by atoms with Crippen LogP contribution in [-0.2, 0) is 19.1 Å². The zero-order valence-corrected chi connectivity index (χ0v) is 41.9. The summed E-state index contributed by atoms with van der Waals surface area (Å²) in [6.45, 7) is 4.05. The number of hydrogen-bond donors (Lipinski definition) is 8. The van der Waals surface area contributed by atoms with E-state index in [0.717, 1.165) is 38.5 Å². The molecule has 12 nitrogen and oxygen atoms in total. The van der Waals surface area contributed by atoms with Gasteiger partial charge in [-0.3, -0.25) is 9.59 Å². The highest BCUT2D eigenvalue weighted by atomic mass is 16.7. The van der Waals surface area contributed by atoms with E-state index >= 15 is 0 Å². The van der Waals surface area contributed by atoms with E-state index in [-0.39, 0.29) is 31.9 Å². The van der Waals surface area contributed by atoms with Crippen LogP contribution in [-0.4, -0.2) is 111 Å². The molecule has 0 unspecified atom stereocenters. The van der Waals surface area contributed by atoms with Crippen LogP contribution in [0.15, 0.2) is 0 Å². The minimum atomic E-state index is -1.55. The van der Waals surface area contributed by atoms with Gasteiger partial charge in [-0.2, -0.15) is 0 Å². The van der Waals surface area contributed by atoms with Crippen molar-refractivity contribution in [1.82, 2.24) is 10.6 Å². The molecular formula is C53H104N2O10. The van der Waals surface area contributed by atoms with E-state index in [4.69, 9.17) is 9.47 Å². The normalized spacial score (nSPS) is 20.2. The summed E-state index contributed by atoms with van der Waals surface area (Å²) in [5.41, 5.74) is 0. The Morgan fingerprint density at radius 1 is 0.523 bits per heavy atom. The smallest absolute Gasteiger partial charge is 0.245 e. The Morgan fingerprint density at radius 2 is 0.908 bits per heavy atom. The molecule has 0 aromatic carbocycles. The fourth-order valence-corrected chi connectivity index (χ4v) is 9.01. The summed E-state index contributed by atoms with van der Waals surface area (Å²) in [7, 11) is 0. The maximum atomic E-state index is 13.4. The molecule has 0 bridgehead atoms. The summed E-state index contributed by atoms with van der Waals surface area (Å²) in [5.74, 6) is -0.951. The van der Waals surface area contributed by atoms with E-state index in [9.17, 15) is 40.2 Å². The van der Waals surface area contributed by atoms with Gasteiger partial charge in [0.05, 0.1) is 19.3 Å². The Morgan fingerprint density at radius 3 is 1.31 bits per heavy atom. The van der Waals surface area contributed by atoms with E-state index in [1.54, 1.807) is 0 Å². The van der Waals surface area contributed by atoms with Crippen molar-refractivity contribution < 1.29 is 49.7 Å². The number of carbonyl (C=O) groups excluding carboxylic acids is 2. The minimum absolute atomic E-state index is 0.00364. The second-order valence-corrected chi connectivity index (χ2v) is 19.5. The number of aliphatic hydroxyl groups excluding tert-OH is 6. The molecule has 0 saturated carbocycles. The lowest BCUT2D eigenvalue weighted by atomic mass is 9.98. The number of ether oxygens (including phenoxy) is 2. The number of amides is 2. The lowest BCUT2D eigenvalue weighted by molar-refractivity contribution is -0.301. The Kier molecular flexibility index (Phi) is 41.6. The first-order valence-corrected chi connectivity index (χ1v) is 27.5. The van der Waals surface area contributed by atoms with Crippen LogP contribution in [0.1, 0.15) is 258 Å². The second-order valence-electron chi connectivity index (χ2n) is 19.5. The van der Waals surface area contributed by atoms with Crippen LogP contribution in [0.3, 0.4) is 0 Å². The van der Waals surface area contributed by atoms with Crippen LogP contribution in [0, 0.1) is 0 Å². The van der Waals surface area contributed by atoms with Crippen molar-refractivity contribution >= 4 is 11.8 Å². The molecule has 12 heteroatoms. The van der Waals surface area contributed by atoms with Gasteiger partial charge in [-0.15, -0.1) is 0 Å². The highest BCUT2D eigenvalue weighted by Crippen LogP contribution is 2.22. The van der Waals surface area contributed by atoms with Crippen LogP contribution >= 0.6 is 0 Å². The van der Waals surface area contributed by atoms with Gasteiger partial charge in [0, 0.05) is 13.0 Å². The molecule has 0 aromatic heterocycles. The molecule has 1 aliphatic heterocycles. The summed E-state index contributed by atoms with van der Waals surface area (Å²) >= 11 is 0. The highest BCUT2D eigenvalue weighted by molar-refractivity contribution is 5.88. The Bertz CT molecular complexity index is 1070. The van der Waals surface area contributed by atoms with Crippen molar-refractivity contribution in [1.29, 1.82) is 0 Å². The minimum Gasteiger partial charge on any atom is -0.394 e. The first-order chi connectivity index (χ1) is 31.7. The summed E-state index contributed by atoms with van der Waals surface area (Å²) in [5, 5.41) is 67.2. The molecule has 1 fully saturated rings. The largest absolute Gasteiger partial charge is 0.394 e. The first-order valence-electron chi connectivity index (χ1n) is 27.5. The third kappa shape index (κ3) is 32.9. The summed E-state index contributed by atoms with van der Waals surface area (Å²) in [6, 6.07) is -1.33. The molecule has 0 aromatic rings. The number of aliphatic hydroxyl groups is 6. The Balaban J connectivity index is 2.33. The SMILES string of the molecule is CCCCCCCCCCCCCCCCCCCCCCCCCC(=O)N[C@@H](C(=O)NCCCO[C@H]1O[C@H](CO)[C@H](O)[C@H](O)[C@H]1O)[C@H](O)[C@H](O)CCCCCCCCCCCCCC. The van der Waals surface area contributed by atoms with Gasteiger partial charge in [0.1, 0.15) is 36.6 Å². The third-order valence-electron chi connectivity index (χ3n) is 13.4. The molecular weight excluding hydrogens is 825 g/mol. The van der Waals surface area contributed by atoms with Gasteiger partial charge in [-0.25, -0.2) is 0 Å². The molecule has 386 valence electrons. The number of carbonyl (C=O) groups is 2. The van der Waals surface area contributed by atoms with Crippen LogP contribution in [0.2, 0.25) is 0 Å². The maximum Gasteiger partial charge on any atom is 0.245 e. The van der Waals surface area contributed by atoms with Gasteiger partial charge in [0.25, 0.3) is 0 Å². The molecule has 8 atom stereocenters. The average Bonchev–Trinajstić information content (AvgIpc) is 3.30. The Hall–Kier alpha value is -1.38. The third-order valence-corrected chi connectivity index (χ3v) is 13.4. The molecule has 0 spiro atoms. The van der Waals surface area contributed by atoms with Crippen molar-refractivity contribution in [3.8, 4) is 0 Å². The number of rotatable bonds is 47.